The Labute approximate surface area is 155 Å². The van der Waals surface area contributed by atoms with Crippen LogP contribution >= 0.6 is 0 Å². The summed E-state index contributed by atoms with van der Waals surface area (Å²) in [6.45, 7) is 10.2. The van der Waals surface area contributed by atoms with Crippen molar-refractivity contribution in [2.75, 3.05) is 0 Å². The fourth-order valence-corrected chi connectivity index (χ4v) is 2.91. The molecule has 0 aliphatic carbocycles. The summed E-state index contributed by atoms with van der Waals surface area (Å²) in [5.74, 6) is -1.25. The van der Waals surface area contributed by atoms with Gasteiger partial charge in [-0.2, -0.15) is 0 Å². The van der Waals surface area contributed by atoms with Crippen molar-refractivity contribution in [2.45, 2.75) is 70.9 Å². The number of ether oxygens (including phenoxy) is 2. The molecule has 1 heterocycles. The van der Waals surface area contributed by atoms with Crippen molar-refractivity contribution in [3.63, 3.8) is 0 Å². The van der Waals surface area contributed by atoms with Crippen molar-refractivity contribution in [1.82, 2.24) is 0 Å². The van der Waals surface area contributed by atoms with Crippen LogP contribution < -0.4 is 0 Å². The first-order valence-corrected chi connectivity index (χ1v) is 8.81. The van der Waals surface area contributed by atoms with Gasteiger partial charge in [0.2, 0.25) is 0 Å². The summed E-state index contributed by atoms with van der Waals surface area (Å²) in [5, 5.41) is 20.8. The van der Waals surface area contributed by atoms with E-state index in [0.717, 1.165) is 5.57 Å². The van der Waals surface area contributed by atoms with E-state index in [4.69, 9.17) is 9.47 Å². The fraction of sp³-hybridized carbons (Fsp3) is 0.600. The van der Waals surface area contributed by atoms with Gasteiger partial charge < -0.3 is 19.7 Å². The van der Waals surface area contributed by atoms with Crippen LogP contribution in [-0.2, 0) is 19.1 Å². The lowest BCUT2D eigenvalue weighted by Gasteiger charge is -2.32. The van der Waals surface area contributed by atoms with Crippen molar-refractivity contribution >= 4 is 11.9 Å². The Bertz CT molecular complexity index is 575. The van der Waals surface area contributed by atoms with Crippen LogP contribution in [0.3, 0.4) is 0 Å². The molecule has 5 atom stereocenters. The number of rotatable bonds is 3. The van der Waals surface area contributed by atoms with Crippen LogP contribution in [0, 0.1) is 5.92 Å². The van der Waals surface area contributed by atoms with Crippen molar-refractivity contribution in [1.29, 1.82) is 0 Å². The van der Waals surface area contributed by atoms with Gasteiger partial charge in [0.1, 0.15) is 17.8 Å². The Morgan fingerprint density at radius 2 is 2.08 bits per heavy atom. The van der Waals surface area contributed by atoms with Gasteiger partial charge in [0, 0.05) is 12.8 Å². The van der Waals surface area contributed by atoms with Gasteiger partial charge in [-0.3, -0.25) is 9.59 Å². The SMILES string of the molecule is C=C/C=C(\C)C1OC(=O)CC(O)CCC(C)(O)C(OC(C)=O)/C=C/C1C. The topological polar surface area (TPSA) is 93.1 Å². The minimum absolute atomic E-state index is 0.164. The molecule has 26 heavy (non-hydrogen) atoms. The number of carbonyl (C=O) groups is 2. The normalized spacial score (nSPS) is 35.5. The molecule has 0 aromatic carbocycles. The van der Waals surface area contributed by atoms with E-state index < -0.39 is 35.9 Å². The molecule has 5 unspecified atom stereocenters. The molecule has 0 bridgehead atoms. The van der Waals surface area contributed by atoms with Crippen molar-refractivity contribution in [2.24, 2.45) is 5.92 Å². The summed E-state index contributed by atoms with van der Waals surface area (Å²) in [5.41, 5.74) is -0.569. The molecule has 1 aliphatic rings. The first-order valence-electron chi connectivity index (χ1n) is 8.81. The highest BCUT2D eigenvalue weighted by atomic mass is 16.6. The van der Waals surface area contributed by atoms with E-state index in [0.29, 0.717) is 0 Å². The van der Waals surface area contributed by atoms with Crippen molar-refractivity contribution < 1.29 is 29.3 Å². The molecule has 0 saturated carbocycles. The van der Waals surface area contributed by atoms with Crippen molar-refractivity contribution in [3.05, 3.63) is 36.5 Å². The Hall–Kier alpha value is -1.92. The van der Waals surface area contributed by atoms with Crippen LogP contribution in [0.2, 0.25) is 0 Å². The Morgan fingerprint density at radius 3 is 2.65 bits per heavy atom. The summed E-state index contributed by atoms with van der Waals surface area (Å²) in [7, 11) is 0. The van der Waals surface area contributed by atoms with Gasteiger partial charge >= 0.3 is 11.9 Å². The van der Waals surface area contributed by atoms with Gasteiger partial charge in [0.05, 0.1) is 12.5 Å². The molecule has 6 nitrogen and oxygen atoms in total. The van der Waals surface area contributed by atoms with E-state index in [1.54, 1.807) is 31.2 Å². The number of allylic oxidation sites excluding steroid dienone is 2. The number of hydrogen-bond acceptors (Lipinski definition) is 6. The average Bonchev–Trinajstić information content (AvgIpc) is 2.53. The molecule has 2 N–H and O–H groups in total. The Morgan fingerprint density at radius 1 is 1.42 bits per heavy atom. The highest BCUT2D eigenvalue weighted by Crippen LogP contribution is 2.26. The van der Waals surface area contributed by atoms with E-state index in [9.17, 15) is 19.8 Å². The smallest absolute Gasteiger partial charge is 0.309 e. The van der Waals surface area contributed by atoms with Crippen LogP contribution in [0.1, 0.15) is 47.0 Å². The molecule has 0 aromatic heterocycles. The van der Waals surface area contributed by atoms with Crippen LogP contribution in [0.25, 0.3) is 0 Å². The summed E-state index contributed by atoms with van der Waals surface area (Å²) in [6.07, 6.45) is 4.55. The minimum Gasteiger partial charge on any atom is -0.457 e. The fourth-order valence-electron chi connectivity index (χ4n) is 2.91. The maximum Gasteiger partial charge on any atom is 0.309 e. The van der Waals surface area contributed by atoms with Gasteiger partial charge in [-0.15, -0.1) is 0 Å². The molecular formula is C20H30O6. The second kappa shape index (κ2) is 9.69. The zero-order valence-corrected chi connectivity index (χ0v) is 16.0. The van der Waals surface area contributed by atoms with Crippen molar-refractivity contribution in [3.8, 4) is 0 Å². The first-order chi connectivity index (χ1) is 12.1. The molecule has 1 rings (SSSR count). The predicted octanol–water partition coefficient (Wildman–Crippen LogP) is 2.45. The third kappa shape index (κ3) is 6.77. The van der Waals surface area contributed by atoms with E-state index >= 15 is 0 Å². The molecule has 6 heteroatoms. The largest absolute Gasteiger partial charge is 0.457 e. The molecule has 0 amide bonds. The summed E-state index contributed by atoms with van der Waals surface area (Å²) in [6, 6.07) is 0. The molecule has 0 spiro atoms. The monoisotopic (exact) mass is 366 g/mol. The summed E-state index contributed by atoms with van der Waals surface area (Å²) < 4.78 is 10.8. The zero-order chi connectivity index (χ0) is 19.9. The van der Waals surface area contributed by atoms with E-state index in [2.05, 4.69) is 6.58 Å². The van der Waals surface area contributed by atoms with Crippen LogP contribution in [0.5, 0.6) is 0 Å². The Kier molecular flexibility index (Phi) is 8.24. The zero-order valence-electron chi connectivity index (χ0n) is 16.0. The lowest BCUT2D eigenvalue weighted by Crippen LogP contribution is -2.42. The second-order valence-corrected chi connectivity index (χ2v) is 7.08. The maximum atomic E-state index is 12.2. The lowest BCUT2D eigenvalue weighted by molar-refractivity contribution is -0.157. The third-order valence-corrected chi connectivity index (χ3v) is 4.45. The van der Waals surface area contributed by atoms with Crippen LogP contribution in [-0.4, -0.2) is 46.1 Å². The van der Waals surface area contributed by atoms with Gasteiger partial charge in [-0.05, 0) is 38.3 Å². The van der Waals surface area contributed by atoms with Gasteiger partial charge in [-0.1, -0.05) is 31.7 Å². The third-order valence-electron chi connectivity index (χ3n) is 4.45. The summed E-state index contributed by atoms with van der Waals surface area (Å²) >= 11 is 0. The molecule has 0 radical (unpaired) electrons. The number of esters is 2. The highest BCUT2D eigenvalue weighted by molar-refractivity contribution is 5.70. The van der Waals surface area contributed by atoms with E-state index in [-0.39, 0.29) is 25.2 Å². The Balaban J connectivity index is 3.24. The van der Waals surface area contributed by atoms with Crippen LogP contribution in [0.15, 0.2) is 36.5 Å². The molecule has 0 aromatic rings. The van der Waals surface area contributed by atoms with E-state index in [1.165, 1.54) is 6.92 Å². The number of cyclic esters (lactones) is 1. The lowest BCUT2D eigenvalue weighted by atomic mass is 9.89. The molecule has 0 fully saturated rings. The number of carbonyl (C=O) groups excluding carboxylic acids is 2. The molecule has 146 valence electrons. The minimum atomic E-state index is -1.37. The van der Waals surface area contributed by atoms with Gasteiger partial charge in [0.15, 0.2) is 0 Å². The average molecular weight is 366 g/mol. The predicted molar refractivity (Wildman–Crippen MR) is 98.2 cm³/mol. The number of aliphatic hydroxyl groups excluding tert-OH is 1. The molecule has 1 aliphatic heterocycles. The van der Waals surface area contributed by atoms with Gasteiger partial charge in [-0.25, -0.2) is 0 Å². The van der Waals surface area contributed by atoms with Gasteiger partial charge in [0.25, 0.3) is 0 Å². The summed E-state index contributed by atoms with van der Waals surface area (Å²) in [4.78, 5) is 23.6. The standard InChI is InChI=1S/C20H30O6/c1-6-7-13(2)19-14(3)8-9-17(25-15(4)21)20(5,24)11-10-16(22)12-18(23)26-19/h6-9,14,16-17,19,22,24H,1,10-12H2,2-5H3/b9-8+,13-7+. The van der Waals surface area contributed by atoms with E-state index in [1.807, 2.05) is 13.8 Å². The highest BCUT2D eigenvalue weighted by Gasteiger charge is 2.34. The molecular weight excluding hydrogens is 336 g/mol. The maximum absolute atomic E-state index is 12.2. The number of aliphatic hydroxyl groups is 2. The number of hydrogen-bond donors (Lipinski definition) is 2. The first kappa shape index (κ1) is 22.1. The molecule has 0 saturated heterocycles. The van der Waals surface area contributed by atoms with Crippen LogP contribution in [0.4, 0.5) is 0 Å². The quantitative estimate of drug-likeness (QED) is 0.453. The second-order valence-electron chi connectivity index (χ2n) is 7.08.